The molecule has 0 aliphatic rings. The predicted octanol–water partition coefficient (Wildman–Crippen LogP) is 5.21. The van der Waals surface area contributed by atoms with Crippen molar-refractivity contribution in [2.75, 3.05) is 13.2 Å². The summed E-state index contributed by atoms with van der Waals surface area (Å²) in [5, 5.41) is 0. The van der Waals surface area contributed by atoms with Gasteiger partial charge in [0.1, 0.15) is 5.75 Å². The molecule has 0 fully saturated rings. The van der Waals surface area contributed by atoms with Gasteiger partial charge in [0.2, 0.25) is 0 Å². The first-order valence-corrected chi connectivity index (χ1v) is 12.5. The van der Waals surface area contributed by atoms with Crippen molar-refractivity contribution in [3.63, 3.8) is 0 Å². The Labute approximate surface area is 208 Å². The Morgan fingerprint density at radius 1 is 0.686 bits per heavy atom. The van der Waals surface area contributed by atoms with Gasteiger partial charge in [0.15, 0.2) is 27.9 Å². The summed E-state index contributed by atoms with van der Waals surface area (Å²) in [7, 11) is -0.310. The maximum atomic E-state index is 12.1. The predicted molar refractivity (Wildman–Crippen MR) is 133 cm³/mol. The lowest BCUT2D eigenvalue weighted by molar-refractivity contribution is -0.166. The third-order valence-electron chi connectivity index (χ3n) is 5.36. The molecule has 0 spiro atoms. The maximum Gasteiger partial charge on any atom is 0.349 e. The lowest BCUT2D eigenvalue weighted by atomic mass is 9.91. The van der Waals surface area contributed by atoms with Crippen LogP contribution in [-0.2, 0) is 34.8 Å². The van der Waals surface area contributed by atoms with Gasteiger partial charge in [-0.2, -0.15) is 0 Å². The molecule has 182 valence electrons. The minimum atomic E-state index is -0.813. The zero-order valence-electron chi connectivity index (χ0n) is 20.1. The lowest BCUT2D eigenvalue weighted by Crippen LogP contribution is -2.29. The first-order chi connectivity index (χ1) is 16.8. The first-order valence-electron chi connectivity index (χ1n) is 11.3. The molecule has 7 heteroatoms. The number of rotatable bonds is 10. The number of ether oxygens (including phenoxy) is 3. The maximum absolute atomic E-state index is 12.1. The molecule has 0 amide bonds. The standard InChI is InChI=1S/C28H29O6S/c1-4-28(2,3)27(31)33-19-25(29)32-20-26(30)34-21-15-17-24(18-16-21)35(22-11-7-5-8-12-22)23-13-9-6-10-14-23/h5-18H,4,19-20H2,1-3H3/q+1. The van der Waals surface area contributed by atoms with E-state index in [1.54, 1.807) is 26.0 Å². The van der Waals surface area contributed by atoms with Crippen LogP contribution in [0.2, 0.25) is 0 Å². The number of hydrogen-bond acceptors (Lipinski definition) is 6. The highest BCUT2D eigenvalue weighted by Gasteiger charge is 2.29. The molecule has 0 saturated heterocycles. The van der Waals surface area contributed by atoms with E-state index in [1.807, 2.05) is 55.5 Å². The molecule has 0 aromatic heterocycles. The Bertz CT molecular complexity index is 1090. The van der Waals surface area contributed by atoms with E-state index in [9.17, 15) is 14.4 Å². The molecule has 0 aliphatic heterocycles. The topological polar surface area (TPSA) is 78.9 Å². The highest BCUT2D eigenvalue weighted by atomic mass is 32.2. The molecule has 0 N–H and O–H groups in total. The normalized spacial score (nSPS) is 11.1. The Balaban J connectivity index is 1.57. The van der Waals surface area contributed by atoms with E-state index in [0.717, 1.165) is 4.90 Å². The van der Waals surface area contributed by atoms with Crippen LogP contribution in [0, 0.1) is 5.41 Å². The highest BCUT2D eigenvalue weighted by molar-refractivity contribution is 7.97. The molecular formula is C28H29O6S+. The smallest absolute Gasteiger partial charge is 0.349 e. The van der Waals surface area contributed by atoms with Gasteiger partial charge >= 0.3 is 17.9 Å². The third-order valence-corrected chi connectivity index (χ3v) is 7.59. The number of hydrogen-bond donors (Lipinski definition) is 0. The molecule has 0 unspecified atom stereocenters. The summed E-state index contributed by atoms with van der Waals surface area (Å²) in [6.45, 7) is 4.18. The van der Waals surface area contributed by atoms with Gasteiger partial charge in [-0.25, -0.2) is 9.59 Å². The first kappa shape index (κ1) is 26.0. The molecule has 0 saturated carbocycles. The molecule has 3 aromatic rings. The average molecular weight is 494 g/mol. The van der Waals surface area contributed by atoms with Crippen molar-refractivity contribution in [2.24, 2.45) is 5.41 Å². The summed E-state index contributed by atoms with van der Waals surface area (Å²) in [5.74, 6) is -1.69. The van der Waals surface area contributed by atoms with Crippen molar-refractivity contribution in [3.05, 3.63) is 84.9 Å². The van der Waals surface area contributed by atoms with Gasteiger partial charge in [0.05, 0.1) is 16.3 Å². The van der Waals surface area contributed by atoms with Gasteiger partial charge in [0.25, 0.3) is 0 Å². The number of carbonyl (C=O) groups is 3. The van der Waals surface area contributed by atoms with Gasteiger partial charge in [-0.1, -0.05) is 43.3 Å². The minimum Gasteiger partial charge on any atom is -0.453 e. The molecule has 0 bridgehead atoms. The fourth-order valence-corrected chi connectivity index (χ4v) is 5.05. The molecule has 35 heavy (non-hydrogen) atoms. The molecular weight excluding hydrogens is 464 g/mol. The summed E-state index contributed by atoms with van der Waals surface area (Å²) < 4.78 is 15.1. The lowest BCUT2D eigenvalue weighted by Gasteiger charge is -2.19. The molecule has 3 rings (SSSR count). The van der Waals surface area contributed by atoms with Gasteiger partial charge in [-0.3, -0.25) is 4.79 Å². The summed E-state index contributed by atoms with van der Waals surface area (Å²) in [6, 6.07) is 27.7. The van der Waals surface area contributed by atoms with E-state index >= 15 is 0 Å². The van der Waals surface area contributed by atoms with E-state index in [0.29, 0.717) is 12.2 Å². The van der Waals surface area contributed by atoms with Crippen molar-refractivity contribution in [1.82, 2.24) is 0 Å². The largest absolute Gasteiger partial charge is 0.453 e. The van der Waals surface area contributed by atoms with Gasteiger partial charge < -0.3 is 14.2 Å². The Hall–Kier alpha value is -3.58. The number of carbonyl (C=O) groups excluding carboxylic acids is 3. The van der Waals surface area contributed by atoms with Crippen molar-refractivity contribution in [3.8, 4) is 5.75 Å². The zero-order chi connectivity index (χ0) is 25.3. The van der Waals surface area contributed by atoms with Gasteiger partial charge in [0, 0.05) is 0 Å². The van der Waals surface area contributed by atoms with Crippen LogP contribution in [-0.4, -0.2) is 31.1 Å². The third kappa shape index (κ3) is 7.45. The van der Waals surface area contributed by atoms with Crippen LogP contribution in [0.4, 0.5) is 0 Å². The second-order valence-corrected chi connectivity index (χ2v) is 10.4. The molecule has 0 heterocycles. The second-order valence-electron chi connectivity index (χ2n) is 8.35. The number of esters is 3. The second kappa shape index (κ2) is 12.2. The number of benzene rings is 3. The molecule has 0 radical (unpaired) electrons. The zero-order valence-corrected chi connectivity index (χ0v) is 20.9. The van der Waals surface area contributed by atoms with Crippen molar-refractivity contribution in [1.29, 1.82) is 0 Å². The van der Waals surface area contributed by atoms with E-state index < -0.39 is 36.5 Å². The monoisotopic (exact) mass is 493 g/mol. The van der Waals surface area contributed by atoms with Crippen molar-refractivity contribution in [2.45, 2.75) is 41.9 Å². The molecule has 6 nitrogen and oxygen atoms in total. The average Bonchev–Trinajstić information content (AvgIpc) is 2.88. The summed E-state index contributed by atoms with van der Waals surface area (Å²) >= 11 is 0. The van der Waals surface area contributed by atoms with E-state index in [-0.39, 0.29) is 10.9 Å². The Morgan fingerprint density at radius 2 is 1.17 bits per heavy atom. The summed E-state index contributed by atoms with van der Waals surface area (Å²) in [5.41, 5.74) is -0.689. The van der Waals surface area contributed by atoms with Crippen LogP contribution in [0.1, 0.15) is 27.2 Å². The molecule has 0 atom stereocenters. The SMILES string of the molecule is CCC(C)(C)C(=O)OCC(=O)OCC(=O)Oc1ccc([S+](c2ccccc2)c2ccccc2)cc1. The quantitative estimate of drug-likeness (QED) is 0.219. The van der Waals surface area contributed by atoms with Gasteiger partial charge in [-0.05, 0) is 68.8 Å². The minimum absolute atomic E-state index is 0.310. The Morgan fingerprint density at radius 3 is 1.69 bits per heavy atom. The van der Waals surface area contributed by atoms with E-state index in [4.69, 9.17) is 14.2 Å². The van der Waals surface area contributed by atoms with E-state index in [1.165, 1.54) is 9.79 Å². The van der Waals surface area contributed by atoms with Crippen LogP contribution in [0.25, 0.3) is 0 Å². The van der Waals surface area contributed by atoms with Crippen molar-refractivity contribution >= 4 is 28.8 Å². The van der Waals surface area contributed by atoms with Crippen LogP contribution in [0.5, 0.6) is 5.75 Å². The van der Waals surface area contributed by atoms with Crippen LogP contribution in [0.15, 0.2) is 99.6 Å². The fourth-order valence-electron chi connectivity index (χ4n) is 2.97. The van der Waals surface area contributed by atoms with E-state index in [2.05, 4.69) is 24.3 Å². The van der Waals surface area contributed by atoms with Gasteiger partial charge in [-0.15, -0.1) is 0 Å². The highest BCUT2D eigenvalue weighted by Crippen LogP contribution is 2.31. The fraction of sp³-hybridized carbons (Fsp3) is 0.250. The Kier molecular flexibility index (Phi) is 9.09. The summed E-state index contributed by atoms with van der Waals surface area (Å²) in [4.78, 5) is 39.3. The van der Waals surface area contributed by atoms with Crippen LogP contribution < -0.4 is 4.74 Å². The van der Waals surface area contributed by atoms with Crippen molar-refractivity contribution < 1.29 is 28.6 Å². The summed E-state index contributed by atoms with van der Waals surface area (Å²) in [6.07, 6.45) is 0.573. The van der Waals surface area contributed by atoms with Crippen LogP contribution >= 0.6 is 0 Å². The van der Waals surface area contributed by atoms with Crippen LogP contribution in [0.3, 0.4) is 0 Å². The molecule has 3 aromatic carbocycles. The molecule has 0 aliphatic carbocycles.